The molecule has 94 valence electrons. The van der Waals surface area contributed by atoms with E-state index in [1.54, 1.807) is 27.7 Å². The zero-order chi connectivity index (χ0) is 13.0. The highest BCUT2D eigenvalue weighted by atomic mass is 19.1. The third-order valence-corrected chi connectivity index (χ3v) is 2.12. The number of aliphatic hydroxyl groups excluding tert-OH is 1. The second kappa shape index (κ2) is 5.18. The van der Waals surface area contributed by atoms with Crippen LogP contribution in [0, 0.1) is 0 Å². The number of alkyl halides is 1. The number of halogens is 1. The Morgan fingerprint density at radius 2 is 2.00 bits per heavy atom. The third kappa shape index (κ3) is 4.08. The molecule has 0 saturated carbocycles. The van der Waals surface area contributed by atoms with Gasteiger partial charge < -0.3 is 15.2 Å². The fourth-order valence-electron chi connectivity index (χ4n) is 1.07. The largest absolute Gasteiger partial charge is 0.510 e. The molecule has 0 bridgehead atoms. The minimum Gasteiger partial charge on any atom is -0.510 e. The lowest BCUT2D eigenvalue weighted by Crippen LogP contribution is -2.52. The summed E-state index contributed by atoms with van der Waals surface area (Å²) in [6, 6.07) is 0. The molecule has 2 N–H and O–H groups in total. The quantitative estimate of drug-likeness (QED) is 0.734. The first-order valence-electron chi connectivity index (χ1n) is 5.12. The van der Waals surface area contributed by atoms with Crippen molar-refractivity contribution in [1.82, 2.24) is 5.32 Å². The highest BCUT2D eigenvalue weighted by Crippen LogP contribution is 2.19. The topological polar surface area (TPSA) is 58.6 Å². The third-order valence-electron chi connectivity index (χ3n) is 2.12. The first-order valence-corrected chi connectivity index (χ1v) is 5.12. The smallest absolute Gasteiger partial charge is 0.408 e. The van der Waals surface area contributed by atoms with Crippen LogP contribution in [0.4, 0.5) is 9.18 Å². The number of nitrogens with one attached hydrogen (secondary N) is 1. The van der Waals surface area contributed by atoms with Crippen LogP contribution in [0.1, 0.15) is 34.1 Å². The fourth-order valence-corrected chi connectivity index (χ4v) is 1.07. The highest BCUT2D eigenvalue weighted by molar-refractivity contribution is 5.69. The standard InChI is InChI=1S/C11H20FNO3/c1-6-11(7-12,8(2)14)13-9(15)16-10(3,4)5/h14H,2,6-7H2,1,3-5H3,(H,13,15). The molecule has 0 heterocycles. The van der Waals surface area contributed by atoms with Crippen molar-refractivity contribution < 1.29 is 19.0 Å². The summed E-state index contributed by atoms with van der Waals surface area (Å²) < 4.78 is 17.8. The summed E-state index contributed by atoms with van der Waals surface area (Å²) in [5.74, 6) is -0.414. The molecular weight excluding hydrogens is 213 g/mol. The molecule has 0 aliphatic rings. The molecule has 0 radical (unpaired) electrons. The summed E-state index contributed by atoms with van der Waals surface area (Å²) in [5, 5.41) is 11.6. The van der Waals surface area contributed by atoms with Crippen LogP contribution < -0.4 is 5.32 Å². The molecule has 0 aliphatic heterocycles. The summed E-state index contributed by atoms with van der Waals surface area (Å²) in [6.07, 6.45) is -0.583. The van der Waals surface area contributed by atoms with E-state index in [4.69, 9.17) is 4.74 Å². The fraction of sp³-hybridized carbons (Fsp3) is 0.727. The number of carbonyl (C=O) groups excluding carboxylic acids is 1. The minimum absolute atomic E-state index is 0.193. The Labute approximate surface area is 95.5 Å². The number of ether oxygens (including phenoxy) is 1. The van der Waals surface area contributed by atoms with Crippen molar-refractivity contribution in [2.24, 2.45) is 0 Å². The number of amides is 1. The molecule has 1 amide bonds. The average molecular weight is 233 g/mol. The van der Waals surface area contributed by atoms with Gasteiger partial charge in [-0.05, 0) is 27.2 Å². The lowest BCUT2D eigenvalue weighted by Gasteiger charge is -2.31. The van der Waals surface area contributed by atoms with Crippen LogP contribution in [0.2, 0.25) is 0 Å². The van der Waals surface area contributed by atoms with E-state index in [1.165, 1.54) is 0 Å². The lowest BCUT2D eigenvalue weighted by molar-refractivity contribution is 0.0423. The van der Waals surface area contributed by atoms with Crippen LogP contribution >= 0.6 is 0 Å². The molecule has 4 nitrogen and oxygen atoms in total. The van der Waals surface area contributed by atoms with Crippen molar-refractivity contribution in [3.63, 3.8) is 0 Å². The van der Waals surface area contributed by atoms with Gasteiger partial charge >= 0.3 is 6.09 Å². The van der Waals surface area contributed by atoms with Crippen LogP contribution in [0.15, 0.2) is 12.3 Å². The molecule has 0 aromatic carbocycles. The van der Waals surface area contributed by atoms with Gasteiger partial charge in [0.15, 0.2) is 0 Å². The van der Waals surface area contributed by atoms with Crippen molar-refractivity contribution in [3.8, 4) is 0 Å². The van der Waals surface area contributed by atoms with Gasteiger partial charge in [-0.25, -0.2) is 9.18 Å². The molecule has 0 fully saturated rings. The van der Waals surface area contributed by atoms with Gasteiger partial charge in [-0.2, -0.15) is 0 Å². The average Bonchev–Trinajstić information content (AvgIpc) is 2.10. The number of hydrogen-bond donors (Lipinski definition) is 2. The van der Waals surface area contributed by atoms with E-state index in [0.29, 0.717) is 0 Å². The molecule has 0 spiro atoms. The number of alkyl carbamates (subject to hydrolysis) is 1. The number of aliphatic hydroxyl groups is 1. The molecule has 0 aromatic heterocycles. The van der Waals surface area contributed by atoms with Gasteiger partial charge in [0.2, 0.25) is 0 Å². The summed E-state index contributed by atoms with van der Waals surface area (Å²) in [5.41, 5.74) is -2.13. The van der Waals surface area contributed by atoms with Gasteiger partial charge in [0.05, 0.1) is 0 Å². The van der Waals surface area contributed by atoms with Crippen LogP contribution in [-0.4, -0.2) is 29.0 Å². The molecule has 1 unspecified atom stereocenters. The summed E-state index contributed by atoms with van der Waals surface area (Å²) in [7, 11) is 0. The van der Waals surface area contributed by atoms with Gasteiger partial charge in [0.1, 0.15) is 23.6 Å². The minimum atomic E-state index is -1.46. The van der Waals surface area contributed by atoms with E-state index < -0.39 is 29.7 Å². The Hall–Kier alpha value is -1.26. The summed E-state index contributed by atoms with van der Waals surface area (Å²) >= 11 is 0. The van der Waals surface area contributed by atoms with Crippen molar-refractivity contribution in [3.05, 3.63) is 12.3 Å². The van der Waals surface area contributed by atoms with E-state index in [9.17, 15) is 14.3 Å². The predicted octanol–water partition coefficient (Wildman–Crippen LogP) is 2.70. The van der Waals surface area contributed by atoms with Crippen LogP contribution in [0.3, 0.4) is 0 Å². The Balaban J connectivity index is 4.66. The van der Waals surface area contributed by atoms with Gasteiger partial charge in [0.25, 0.3) is 0 Å². The van der Waals surface area contributed by atoms with E-state index in [0.717, 1.165) is 0 Å². The first-order chi connectivity index (χ1) is 7.17. The normalized spacial score (nSPS) is 15.1. The molecule has 1 atom stereocenters. The molecule has 0 aliphatic carbocycles. The van der Waals surface area contributed by atoms with Crippen molar-refractivity contribution in [1.29, 1.82) is 0 Å². The lowest BCUT2D eigenvalue weighted by atomic mass is 9.96. The Morgan fingerprint density at radius 3 is 2.25 bits per heavy atom. The Kier molecular flexibility index (Phi) is 4.78. The summed E-state index contributed by atoms with van der Waals surface area (Å²) in [4.78, 5) is 11.4. The molecular formula is C11H20FNO3. The molecule has 5 heteroatoms. The van der Waals surface area contributed by atoms with Crippen LogP contribution in [0.5, 0.6) is 0 Å². The monoisotopic (exact) mass is 233 g/mol. The SMILES string of the molecule is C=C(O)C(CC)(CF)NC(=O)OC(C)(C)C. The number of hydrogen-bond acceptors (Lipinski definition) is 3. The molecule has 0 rings (SSSR count). The van der Waals surface area contributed by atoms with Crippen LogP contribution in [-0.2, 0) is 4.74 Å². The Morgan fingerprint density at radius 1 is 1.50 bits per heavy atom. The number of carbonyl (C=O) groups is 1. The zero-order valence-electron chi connectivity index (χ0n) is 10.3. The highest BCUT2D eigenvalue weighted by Gasteiger charge is 2.35. The maximum atomic E-state index is 12.9. The van der Waals surface area contributed by atoms with Crippen molar-refractivity contribution in [2.45, 2.75) is 45.3 Å². The maximum Gasteiger partial charge on any atom is 0.408 e. The molecule has 0 saturated heterocycles. The zero-order valence-corrected chi connectivity index (χ0v) is 10.3. The molecule has 16 heavy (non-hydrogen) atoms. The first kappa shape index (κ1) is 14.7. The van der Waals surface area contributed by atoms with Crippen molar-refractivity contribution in [2.75, 3.05) is 6.67 Å². The van der Waals surface area contributed by atoms with E-state index in [1.807, 2.05) is 0 Å². The van der Waals surface area contributed by atoms with E-state index >= 15 is 0 Å². The van der Waals surface area contributed by atoms with Gasteiger partial charge in [-0.3, -0.25) is 0 Å². The number of rotatable bonds is 4. The predicted molar refractivity (Wildman–Crippen MR) is 60.1 cm³/mol. The van der Waals surface area contributed by atoms with Gasteiger partial charge in [-0.15, -0.1) is 0 Å². The van der Waals surface area contributed by atoms with Gasteiger partial charge in [0, 0.05) is 0 Å². The second-order valence-corrected chi connectivity index (χ2v) is 4.64. The molecule has 0 aromatic rings. The van der Waals surface area contributed by atoms with Gasteiger partial charge in [-0.1, -0.05) is 13.5 Å². The van der Waals surface area contributed by atoms with E-state index in [-0.39, 0.29) is 6.42 Å². The summed E-state index contributed by atoms with van der Waals surface area (Å²) in [6.45, 7) is 9.06. The maximum absolute atomic E-state index is 12.9. The van der Waals surface area contributed by atoms with E-state index in [2.05, 4.69) is 11.9 Å². The Bertz CT molecular complexity index is 267. The second-order valence-electron chi connectivity index (χ2n) is 4.64. The van der Waals surface area contributed by atoms with Crippen molar-refractivity contribution >= 4 is 6.09 Å². The van der Waals surface area contributed by atoms with Crippen LogP contribution in [0.25, 0.3) is 0 Å².